The van der Waals surface area contributed by atoms with Crippen LogP contribution in [0.2, 0.25) is 5.02 Å². The lowest BCUT2D eigenvalue weighted by Gasteiger charge is -2.19. The minimum absolute atomic E-state index is 0.0869. The fourth-order valence-electron chi connectivity index (χ4n) is 2.76. The Labute approximate surface area is 128 Å². The van der Waals surface area contributed by atoms with Gasteiger partial charge in [-0.25, -0.2) is 0 Å². The molecule has 2 aromatic rings. The zero-order valence-corrected chi connectivity index (χ0v) is 12.5. The first kappa shape index (κ1) is 14.1. The van der Waals surface area contributed by atoms with Gasteiger partial charge in [0, 0.05) is 17.0 Å². The molecular weight excluding hydrogens is 286 g/mol. The van der Waals surface area contributed by atoms with Gasteiger partial charge in [-0.1, -0.05) is 43.0 Å². The molecule has 5 heteroatoms. The lowest BCUT2D eigenvalue weighted by Crippen LogP contribution is -2.24. The number of nitrogens with zero attached hydrogens (tertiary/aromatic N) is 1. The summed E-state index contributed by atoms with van der Waals surface area (Å²) in [6.45, 7) is 0. The van der Waals surface area contributed by atoms with Crippen molar-refractivity contribution in [2.75, 3.05) is 5.32 Å². The summed E-state index contributed by atoms with van der Waals surface area (Å²) >= 11 is 5.88. The normalized spacial score (nSPS) is 15.9. The van der Waals surface area contributed by atoms with E-state index in [1.165, 1.54) is 6.42 Å². The Balaban J connectivity index is 1.67. The lowest BCUT2D eigenvalue weighted by atomic mass is 9.89. The maximum absolute atomic E-state index is 12.2. The summed E-state index contributed by atoms with van der Waals surface area (Å²) in [6, 6.07) is 9.35. The molecule has 1 aliphatic carbocycles. The van der Waals surface area contributed by atoms with Gasteiger partial charge in [-0.15, -0.1) is 0 Å². The van der Waals surface area contributed by atoms with Crippen molar-refractivity contribution in [1.82, 2.24) is 10.2 Å². The molecule has 0 saturated heterocycles. The second kappa shape index (κ2) is 6.31. The quantitative estimate of drug-likeness (QED) is 0.890. The van der Waals surface area contributed by atoms with E-state index in [0.717, 1.165) is 36.9 Å². The van der Waals surface area contributed by atoms with E-state index in [4.69, 9.17) is 11.6 Å². The molecular formula is C16H18ClN3O. The first-order valence-corrected chi connectivity index (χ1v) is 7.72. The Kier molecular flexibility index (Phi) is 4.25. The number of hydrogen-bond donors (Lipinski definition) is 2. The fraction of sp³-hybridized carbons (Fsp3) is 0.375. The highest BCUT2D eigenvalue weighted by Gasteiger charge is 2.21. The highest BCUT2D eigenvalue weighted by molar-refractivity contribution is 6.30. The van der Waals surface area contributed by atoms with Gasteiger partial charge in [-0.3, -0.25) is 9.89 Å². The minimum atomic E-state index is 0.0869. The molecule has 1 heterocycles. The average Bonchev–Trinajstić information content (AvgIpc) is 2.97. The topological polar surface area (TPSA) is 57.8 Å². The van der Waals surface area contributed by atoms with Crippen LogP contribution in [0.15, 0.2) is 30.3 Å². The number of nitrogens with one attached hydrogen (secondary N) is 2. The van der Waals surface area contributed by atoms with Gasteiger partial charge >= 0.3 is 0 Å². The summed E-state index contributed by atoms with van der Waals surface area (Å²) in [6.07, 6.45) is 5.51. The summed E-state index contributed by atoms with van der Waals surface area (Å²) in [7, 11) is 0. The van der Waals surface area contributed by atoms with Crippen LogP contribution in [-0.2, 0) is 4.79 Å². The third kappa shape index (κ3) is 3.45. The molecule has 1 amide bonds. The van der Waals surface area contributed by atoms with Gasteiger partial charge in [-0.2, -0.15) is 5.10 Å². The summed E-state index contributed by atoms with van der Waals surface area (Å²) in [5, 5.41) is 10.7. The Hall–Kier alpha value is -1.81. The number of amides is 1. The third-order valence-electron chi connectivity index (χ3n) is 3.96. The van der Waals surface area contributed by atoms with E-state index in [9.17, 15) is 4.79 Å². The molecule has 0 aliphatic heterocycles. The van der Waals surface area contributed by atoms with Crippen molar-refractivity contribution >= 4 is 23.3 Å². The Morgan fingerprint density at radius 2 is 1.90 bits per heavy atom. The van der Waals surface area contributed by atoms with E-state index in [-0.39, 0.29) is 11.8 Å². The molecule has 0 radical (unpaired) electrons. The van der Waals surface area contributed by atoms with E-state index in [0.29, 0.717) is 10.8 Å². The molecule has 1 fully saturated rings. The number of anilines is 1. The average molecular weight is 304 g/mol. The Bertz CT molecular complexity index is 615. The molecule has 21 heavy (non-hydrogen) atoms. The van der Waals surface area contributed by atoms with E-state index >= 15 is 0 Å². The predicted molar refractivity (Wildman–Crippen MR) is 84.2 cm³/mol. The number of carbonyl (C=O) groups is 1. The highest BCUT2D eigenvalue weighted by Crippen LogP contribution is 2.26. The van der Waals surface area contributed by atoms with Crippen LogP contribution >= 0.6 is 11.6 Å². The standard InChI is InChI=1S/C16H18ClN3O/c17-13-8-6-11(7-9-13)14-10-15(20-19-14)18-16(21)12-4-2-1-3-5-12/h6-10,12H,1-5H2,(H2,18,19,20,21). The molecule has 0 spiro atoms. The summed E-state index contributed by atoms with van der Waals surface area (Å²) in [5.41, 5.74) is 1.86. The van der Waals surface area contributed by atoms with Crippen molar-refractivity contribution in [3.8, 4) is 11.3 Å². The molecule has 1 aliphatic rings. The van der Waals surface area contributed by atoms with Crippen LogP contribution in [-0.4, -0.2) is 16.1 Å². The Morgan fingerprint density at radius 3 is 2.62 bits per heavy atom. The van der Waals surface area contributed by atoms with E-state index in [1.54, 1.807) is 0 Å². The van der Waals surface area contributed by atoms with Crippen molar-refractivity contribution in [3.63, 3.8) is 0 Å². The number of aromatic amines is 1. The van der Waals surface area contributed by atoms with Crippen molar-refractivity contribution < 1.29 is 4.79 Å². The fourth-order valence-corrected chi connectivity index (χ4v) is 2.88. The van der Waals surface area contributed by atoms with E-state index < -0.39 is 0 Å². The largest absolute Gasteiger partial charge is 0.309 e. The van der Waals surface area contributed by atoms with Gasteiger partial charge < -0.3 is 5.32 Å². The lowest BCUT2D eigenvalue weighted by molar-refractivity contribution is -0.120. The van der Waals surface area contributed by atoms with Crippen LogP contribution in [0.3, 0.4) is 0 Å². The van der Waals surface area contributed by atoms with Gasteiger partial charge in [0.05, 0.1) is 5.69 Å². The van der Waals surface area contributed by atoms with Gasteiger partial charge in [0.25, 0.3) is 0 Å². The number of aromatic nitrogens is 2. The number of benzene rings is 1. The molecule has 1 aromatic heterocycles. The minimum Gasteiger partial charge on any atom is -0.309 e. The monoisotopic (exact) mass is 303 g/mol. The third-order valence-corrected chi connectivity index (χ3v) is 4.21. The number of carbonyl (C=O) groups excluding carboxylic acids is 1. The van der Waals surface area contributed by atoms with Crippen molar-refractivity contribution in [2.45, 2.75) is 32.1 Å². The predicted octanol–water partition coefficient (Wildman–Crippen LogP) is 4.25. The van der Waals surface area contributed by atoms with Crippen LogP contribution in [0.1, 0.15) is 32.1 Å². The highest BCUT2D eigenvalue weighted by atomic mass is 35.5. The second-order valence-corrected chi connectivity index (χ2v) is 5.93. The smallest absolute Gasteiger partial charge is 0.228 e. The van der Waals surface area contributed by atoms with Gasteiger partial charge in [0.1, 0.15) is 0 Å². The van der Waals surface area contributed by atoms with Crippen molar-refractivity contribution in [2.24, 2.45) is 5.92 Å². The second-order valence-electron chi connectivity index (χ2n) is 5.50. The van der Waals surface area contributed by atoms with E-state index in [1.807, 2.05) is 30.3 Å². The van der Waals surface area contributed by atoms with Crippen molar-refractivity contribution in [3.05, 3.63) is 35.4 Å². The van der Waals surface area contributed by atoms with Gasteiger partial charge in [-0.05, 0) is 30.5 Å². The zero-order valence-electron chi connectivity index (χ0n) is 11.7. The van der Waals surface area contributed by atoms with Crippen LogP contribution in [0.25, 0.3) is 11.3 Å². The first-order chi connectivity index (χ1) is 10.2. The maximum atomic E-state index is 12.2. The number of H-pyrrole nitrogens is 1. The van der Waals surface area contributed by atoms with Gasteiger partial charge in [0.2, 0.25) is 5.91 Å². The molecule has 4 nitrogen and oxygen atoms in total. The molecule has 3 rings (SSSR count). The first-order valence-electron chi connectivity index (χ1n) is 7.34. The summed E-state index contributed by atoms with van der Waals surface area (Å²) in [5.74, 6) is 0.800. The van der Waals surface area contributed by atoms with Crippen LogP contribution in [0.4, 0.5) is 5.82 Å². The molecule has 0 atom stereocenters. The maximum Gasteiger partial charge on any atom is 0.228 e. The molecule has 0 bridgehead atoms. The molecule has 2 N–H and O–H groups in total. The Morgan fingerprint density at radius 1 is 1.19 bits per heavy atom. The number of hydrogen-bond acceptors (Lipinski definition) is 2. The van der Waals surface area contributed by atoms with Crippen LogP contribution in [0.5, 0.6) is 0 Å². The van der Waals surface area contributed by atoms with Crippen LogP contribution in [0, 0.1) is 5.92 Å². The SMILES string of the molecule is O=C(Nc1cc(-c2ccc(Cl)cc2)[nH]n1)C1CCCCC1. The molecule has 1 saturated carbocycles. The summed E-state index contributed by atoms with van der Waals surface area (Å²) in [4.78, 5) is 12.2. The molecule has 1 aromatic carbocycles. The number of halogens is 1. The van der Waals surface area contributed by atoms with E-state index in [2.05, 4.69) is 15.5 Å². The van der Waals surface area contributed by atoms with Crippen LogP contribution < -0.4 is 5.32 Å². The zero-order chi connectivity index (χ0) is 14.7. The van der Waals surface area contributed by atoms with Gasteiger partial charge in [0.15, 0.2) is 5.82 Å². The summed E-state index contributed by atoms with van der Waals surface area (Å²) < 4.78 is 0. The molecule has 110 valence electrons. The van der Waals surface area contributed by atoms with Crippen molar-refractivity contribution in [1.29, 1.82) is 0 Å². The number of rotatable bonds is 3. The molecule has 0 unspecified atom stereocenters.